The molecule has 0 aromatic carbocycles. The first-order chi connectivity index (χ1) is 7.09. The van der Waals surface area contributed by atoms with Crippen molar-refractivity contribution in [2.24, 2.45) is 0 Å². The van der Waals surface area contributed by atoms with Gasteiger partial charge in [-0.25, -0.2) is 4.98 Å². The maximum absolute atomic E-state index is 5.91. The van der Waals surface area contributed by atoms with Gasteiger partial charge in [0.2, 0.25) is 0 Å². The molecule has 4 nitrogen and oxygen atoms in total. The van der Waals surface area contributed by atoms with Crippen LogP contribution in [0.3, 0.4) is 0 Å². The van der Waals surface area contributed by atoms with E-state index in [0.717, 1.165) is 19.6 Å². The molecule has 15 heavy (non-hydrogen) atoms. The van der Waals surface area contributed by atoms with Crippen LogP contribution in [0.1, 0.15) is 5.69 Å². The zero-order valence-electron chi connectivity index (χ0n) is 7.91. The molecule has 0 saturated heterocycles. The van der Waals surface area contributed by atoms with E-state index in [9.17, 15) is 0 Å². The Bertz CT molecular complexity index is 492. The van der Waals surface area contributed by atoms with Gasteiger partial charge in [-0.05, 0) is 57.6 Å². The van der Waals surface area contributed by atoms with E-state index in [-0.39, 0.29) is 0 Å². The Balaban J connectivity index is 2.54. The normalized spacial score (nSPS) is 10.6. The molecular weight excluding hydrogens is 371 g/mol. The summed E-state index contributed by atoms with van der Waals surface area (Å²) in [4.78, 5) is 4.23. The first-order valence-electron chi connectivity index (χ1n) is 4.22. The summed E-state index contributed by atoms with van der Waals surface area (Å²) < 4.78 is 3.55. The fourth-order valence-corrected chi connectivity index (χ4v) is 1.76. The molecule has 0 spiro atoms. The second-order valence-corrected chi connectivity index (χ2v) is 5.03. The lowest BCUT2D eigenvalue weighted by molar-refractivity contribution is 0.841. The lowest BCUT2D eigenvalue weighted by Gasteiger charge is -2.02. The zero-order chi connectivity index (χ0) is 11.0. The van der Waals surface area contributed by atoms with Gasteiger partial charge in [-0.15, -0.1) is 0 Å². The summed E-state index contributed by atoms with van der Waals surface area (Å²) in [6.45, 7) is 1.92. The second kappa shape index (κ2) is 4.09. The van der Waals surface area contributed by atoms with Gasteiger partial charge in [0.05, 0.1) is 9.26 Å². The highest BCUT2D eigenvalue weighted by Gasteiger charge is 2.11. The Hall–Kier alpha value is -0.630. The molecule has 6 heteroatoms. The Kier molecular flexibility index (Phi) is 2.96. The molecule has 0 bridgehead atoms. The number of pyridine rings is 1. The Labute approximate surface area is 109 Å². The molecular formula is C9H8BrIN4. The van der Waals surface area contributed by atoms with Crippen molar-refractivity contribution in [1.29, 1.82) is 0 Å². The molecule has 2 rings (SSSR count). The van der Waals surface area contributed by atoms with Crippen molar-refractivity contribution in [3.8, 4) is 5.82 Å². The van der Waals surface area contributed by atoms with Gasteiger partial charge >= 0.3 is 0 Å². The minimum Gasteiger partial charge on any atom is -0.383 e. The first-order valence-corrected chi connectivity index (χ1v) is 6.09. The van der Waals surface area contributed by atoms with Gasteiger partial charge in [0, 0.05) is 10.7 Å². The third-order valence-corrected chi connectivity index (χ3v) is 3.75. The van der Waals surface area contributed by atoms with Crippen LogP contribution < -0.4 is 5.73 Å². The molecule has 2 aromatic rings. The summed E-state index contributed by atoms with van der Waals surface area (Å²) in [6.07, 6.45) is 1.72. The van der Waals surface area contributed by atoms with E-state index in [1.807, 2.05) is 19.1 Å². The van der Waals surface area contributed by atoms with Crippen LogP contribution in [0.15, 0.2) is 22.8 Å². The number of hydrogen-bond acceptors (Lipinski definition) is 3. The number of nitrogens with zero attached hydrogens (tertiary/aromatic N) is 3. The molecule has 0 aliphatic carbocycles. The Morgan fingerprint density at radius 2 is 2.20 bits per heavy atom. The van der Waals surface area contributed by atoms with E-state index in [2.05, 4.69) is 48.6 Å². The van der Waals surface area contributed by atoms with Crippen LogP contribution in [0.2, 0.25) is 0 Å². The van der Waals surface area contributed by atoms with Crippen molar-refractivity contribution >= 4 is 44.3 Å². The number of aromatic nitrogens is 3. The summed E-state index contributed by atoms with van der Waals surface area (Å²) >= 11 is 5.51. The summed E-state index contributed by atoms with van der Waals surface area (Å²) in [5.74, 6) is 1.35. The van der Waals surface area contributed by atoms with Gasteiger partial charge < -0.3 is 5.73 Å². The van der Waals surface area contributed by atoms with Gasteiger partial charge in [0.15, 0.2) is 5.82 Å². The second-order valence-electron chi connectivity index (χ2n) is 3.03. The topological polar surface area (TPSA) is 56.7 Å². The molecule has 2 aromatic heterocycles. The predicted molar refractivity (Wildman–Crippen MR) is 70.9 cm³/mol. The molecule has 0 amide bonds. The molecule has 2 N–H and O–H groups in total. The van der Waals surface area contributed by atoms with Crippen LogP contribution in [-0.4, -0.2) is 14.8 Å². The summed E-state index contributed by atoms with van der Waals surface area (Å²) in [6, 6.07) is 3.77. The van der Waals surface area contributed by atoms with E-state index in [1.54, 1.807) is 10.9 Å². The number of aryl methyl sites for hydroxylation is 1. The number of nitrogens with two attached hydrogens (primary N) is 1. The summed E-state index contributed by atoms with van der Waals surface area (Å²) in [7, 11) is 0. The van der Waals surface area contributed by atoms with Crippen LogP contribution in [0.5, 0.6) is 0 Å². The number of nitrogen functional groups attached to an aromatic ring is 1. The molecule has 78 valence electrons. The number of halogens is 2. The zero-order valence-corrected chi connectivity index (χ0v) is 11.7. The first kappa shape index (κ1) is 10.9. The fourth-order valence-electron chi connectivity index (χ4n) is 1.19. The molecule has 2 heterocycles. The van der Waals surface area contributed by atoms with Gasteiger partial charge in [-0.3, -0.25) is 0 Å². The van der Waals surface area contributed by atoms with Crippen LogP contribution in [0.25, 0.3) is 5.82 Å². The number of hydrogen-bond donors (Lipinski definition) is 1. The summed E-state index contributed by atoms with van der Waals surface area (Å²) in [5.41, 5.74) is 6.83. The minimum atomic E-state index is 0.628. The SMILES string of the molecule is Cc1nn(-c2ccc(Br)cn2)c(N)c1I. The Morgan fingerprint density at radius 3 is 2.67 bits per heavy atom. The molecule has 0 unspecified atom stereocenters. The van der Waals surface area contributed by atoms with Gasteiger partial charge in [-0.1, -0.05) is 0 Å². The quantitative estimate of drug-likeness (QED) is 0.776. The average molecular weight is 379 g/mol. The highest BCUT2D eigenvalue weighted by Crippen LogP contribution is 2.21. The van der Waals surface area contributed by atoms with Crippen LogP contribution in [-0.2, 0) is 0 Å². The van der Waals surface area contributed by atoms with Crippen molar-refractivity contribution in [2.45, 2.75) is 6.92 Å². The van der Waals surface area contributed by atoms with E-state index in [1.165, 1.54) is 0 Å². The fraction of sp³-hybridized carbons (Fsp3) is 0.111. The third kappa shape index (κ3) is 2.00. The molecule has 0 aliphatic heterocycles. The molecule has 0 aliphatic rings. The smallest absolute Gasteiger partial charge is 0.155 e. The largest absolute Gasteiger partial charge is 0.383 e. The Morgan fingerprint density at radius 1 is 1.47 bits per heavy atom. The van der Waals surface area contributed by atoms with Gasteiger partial charge in [0.25, 0.3) is 0 Å². The van der Waals surface area contributed by atoms with E-state index in [0.29, 0.717) is 5.82 Å². The molecule has 0 saturated carbocycles. The van der Waals surface area contributed by atoms with Gasteiger partial charge in [-0.2, -0.15) is 9.78 Å². The molecule has 0 atom stereocenters. The van der Waals surface area contributed by atoms with Crippen LogP contribution in [0.4, 0.5) is 5.82 Å². The van der Waals surface area contributed by atoms with Crippen molar-refractivity contribution in [3.63, 3.8) is 0 Å². The van der Waals surface area contributed by atoms with E-state index in [4.69, 9.17) is 5.73 Å². The highest BCUT2D eigenvalue weighted by atomic mass is 127. The van der Waals surface area contributed by atoms with Crippen LogP contribution in [0, 0.1) is 10.5 Å². The average Bonchev–Trinajstić information content (AvgIpc) is 2.47. The number of rotatable bonds is 1. The highest BCUT2D eigenvalue weighted by molar-refractivity contribution is 14.1. The van der Waals surface area contributed by atoms with Gasteiger partial charge in [0.1, 0.15) is 5.82 Å². The van der Waals surface area contributed by atoms with Crippen molar-refractivity contribution in [1.82, 2.24) is 14.8 Å². The standard InChI is InChI=1S/C9H8BrIN4/c1-5-8(11)9(12)15(14-5)7-3-2-6(10)4-13-7/h2-4H,12H2,1H3. The van der Waals surface area contributed by atoms with Crippen LogP contribution >= 0.6 is 38.5 Å². The maximum atomic E-state index is 5.91. The maximum Gasteiger partial charge on any atom is 0.155 e. The lowest BCUT2D eigenvalue weighted by Crippen LogP contribution is -2.04. The summed E-state index contributed by atoms with van der Waals surface area (Å²) in [5, 5.41) is 4.32. The van der Waals surface area contributed by atoms with Crippen molar-refractivity contribution in [3.05, 3.63) is 32.1 Å². The van der Waals surface area contributed by atoms with Crippen molar-refractivity contribution in [2.75, 3.05) is 5.73 Å². The number of anilines is 1. The molecule has 0 fully saturated rings. The van der Waals surface area contributed by atoms with E-state index >= 15 is 0 Å². The predicted octanol–water partition coefficient (Wildman–Crippen LogP) is 2.53. The monoisotopic (exact) mass is 378 g/mol. The molecule has 0 radical (unpaired) electrons. The van der Waals surface area contributed by atoms with Crippen molar-refractivity contribution < 1.29 is 0 Å². The van der Waals surface area contributed by atoms with E-state index < -0.39 is 0 Å². The lowest BCUT2D eigenvalue weighted by atomic mass is 10.4. The minimum absolute atomic E-state index is 0.628. The third-order valence-electron chi connectivity index (χ3n) is 1.95.